The summed E-state index contributed by atoms with van der Waals surface area (Å²) < 4.78 is 18.0. The van der Waals surface area contributed by atoms with Crippen LogP contribution in [0.1, 0.15) is 102 Å². The fraction of sp³-hybridized carbons (Fsp3) is 0.552. The van der Waals surface area contributed by atoms with Crippen LogP contribution in [-0.4, -0.2) is 33.7 Å². The lowest BCUT2D eigenvalue weighted by atomic mass is 10.1. The number of esters is 1. The van der Waals surface area contributed by atoms with E-state index in [1.54, 1.807) is 18.3 Å². The van der Waals surface area contributed by atoms with Gasteiger partial charge in [0.1, 0.15) is 6.10 Å². The fourth-order valence-electron chi connectivity index (χ4n) is 4.09. The number of ether oxygens (including phenoxy) is 3. The summed E-state index contributed by atoms with van der Waals surface area (Å²) in [7, 11) is 0. The van der Waals surface area contributed by atoms with Crippen molar-refractivity contribution in [3.05, 3.63) is 42.2 Å². The zero-order valence-electron chi connectivity index (χ0n) is 22.5. The highest BCUT2D eigenvalue weighted by molar-refractivity contribution is 7.20. The molecular formula is C29H40N2O5S. The van der Waals surface area contributed by atoms with E-state index in [2.05, 4.69) is 18.8 Å². The molecule has 1 aromatic carbocycles. The van der Waals surface area contributed by atoms with Crippen molar-refractivity contribution in [1.82, 2.24) is 9.38 Å². The first-order valence-corrected chi connectivity index (χ1v) is 14.4. The minimum atomic E-state index is -0.730. The molecule has 3 aromatic rings. The molecule has 2 aromatic heterocycles. The van der Waals surface area contributed by atoms with Crippen molar-refractivity contribution in [3.8, 4) is 16.3 Å². The number of imidazole rings is 1. The first-order chi connectivity index (χ1) is 17.9. The van der Waals surface area contributed by atoms with Gasteiger partial charge in [-0.1, -0.05) is 75.8 Å². The van der Waals surface area contributed by atoms with Crippen LogP contribution in [-0.2, 0) is 9.47 Å². The molecule has 0 unspecified atom stereocenters. The number of hydrogen-bond donors (Lipinski definition) is 0. The maximum atomic E-state index is 12.5. The van der Waals surface area contributed by atoms with Crippen molar-refractivity contribution in [1.29, 1.82) is 0 Å². The quantitative estimate of drug-likeness (QED) is 0.145. The van der Waals surface area contributed by atoms with Crippen LogP contribution < -0.4 is 4.74 Å². The molecule has 0 radical (unpaired) electrons. The summed E-state index contributed by atoms with van der Waals surface area (Å²) in [6, 6.07) is 7.39. The molecule has 8 heteroatoms. The van der Waals surface area contributed by atoms with E-state index in [1.807, 2.05) is 36.6 Å². The molecule has 3 rings (SSSR count). The average Bonchev–Trinajstić information content (AvgIpc) is 3.43. The second-order valence-electron chi connectivity index (χ2n) is 9.64. The van der Waals surface area contributed by atoms with E-state index in [4.69, 9.17) is 14.2 Å². The molecule has 0 N–H and O–H groups in total. The smallest absolute Gasteiger partial charge is 0.459 e. The van der Waals surface area contributed by atoms with Gasteiger partial charge in [0.05, 0.1) is 22.7 Å². The number of rotatable bonds is 15. The maximum absolute atomic E-state index is 12.5. The highest BCUT2D eigenvalue weighted by atomic mass is 32.1. The van der Waals surface area contributed by atoms with Gasteiger partial charge in [-0.3, -0.25) is 4.40 Å². The lowest BCUT2D eigenvalue weighted by molar-refractivity contribution is 0.0319. The number of hydrogen-bond acceptors (Lipinski definition) is 7. The molecular weight excluding hydrogens is 488 g/mol. The van der Waals surface area contributed by atoms with Crippen molar-refractivity contribution in [2.45, 2.75) is 104 Å². The van der Waals surface area contributed by atoms with Gasteiger partial charge >= 0.3 is 12.1 Å². The third kappa shape index (κ3) is 9.18. The van der Waals surface area contributed by atoms with Gasteiger partial charge in [-0.15, -0.1) is 0 Å². The molecule has 0 saturated carbocycles. The molecule has 0 aliphatic rings. The lowest BCUT2D eigenvalue weighted by Gasteiger charge is -2.13. The highest BCUT2D eigenvalue weighted by Crippen LogP contribution is 2.30. The van der Waals surface area contributed by atoms with Gasteiger partial charge in [0.15, 0.2) is 4.96 Å². The Morgan fingerprint density at radius 3 is 2.08 bits per heavy atom. The topological polar surface area (TPSA) is 79.1 Å². The number of benzene rings is 1. The second kappa shape index (κ2) is 14.8. The molecule has 0 spiro atoms. The maximum Gasteiger partial charge on any atom is 0.515 e. The fourth-order valence-corrected chi connectivity index (χ4v) is 5.05. The molecule has 202 valence electrons. The van der Waals surface area contributed by atoms with Gasteiger partial charge in [-0.2, -0.15) is 4.98 Å². The number of fused-ring (bicyclic) bond motifs is 1. The molecule has 0 fully saturated rings. The first kappa shape index (κ1) is 28.7. The minimum absolute atomic E-state index is 0.0863. The molecule has 0 amide bonds. The SMILES string of the molecule is CCCCCC[C@H](C)OC(=O)Oc1cn2cc(-c3ccc(C(=O)O[C@@H](C)CCCCCC)cc3)sc2n1. The zero-order chi connectivity index (χ0) is 26.6. The van der Waals surface area contributed by atoms with E-state index >= 15 is 0 Å². The third-order valence-electron chi connectivity index (χ3n) is 6.26. The Hall–Kier alpha value is -2.87. The van der Waals surface area contributed by atoms with Crippen molar-refractivity contribution in [2.75, 3.05) is 0 Å². The molecule has 0 saturated heterocycles. The van der Waals surface area contributed by atoms with Crippen LogP contribution in [0.4, 0.5) is 4.79 Å². The van der Waals surface area contributed by atoms with Gasteiger partial charge in [0.25, 0.3) is 0 Å². The number of carbonyl (C=O) groups is 2. The number of carbonyl (C=O) groups excluding carboxylic acids is 2. The van der Waals surface area contributed by atoms with E-state index in [-0.39, 0.29) is 24.1 Å². The van der Waals surface area contributed by atoms with Gasteiger partial charge in [0, 0.05) is 6.20 Å². The average molecular weight is 529 g/mol. The van der Waals surface area contributed by atoms with Crippen LogP contribution in [0, 0.1) is 0 Å². The summed E-state index contributed by atoms with van der Waals surface area (Å²) in [5.74, 6) is -0.0811. The molecule has 37 heavy (non-hydrogen) atoms. The summed E-state index contributed by atoms with van der Waals surface area (Å²) in [5, 5.41) is 0. The normalized spacial score (nSPS) is 12.9. The van der Waals surface area contributed by atoms with Crippen LogP contribution in [0.3, 0.4) is 0 Å². The standard InChI is InChI=1S/C29H40N2O5S/c1-5-7-9-11-13-21(3)34-27(32)24-17-15-23(16-18-24)25-19-31-20-26(30-28(31)37-25)36-29(33)35-22(4)14-12-10-8-6-2/h15-22H,5-14H2,1-4H3/t21-,22-/m0/s1. The zero-order valence-corrected chi connectivity index (χ0v) is 23.4. The van der Waals surface area contributed by atoms with Gasteiger partial charge < -0.3 is 14.2 Å². The van der Waals surface area contributed by atoms with Crippen LogP contribution in [0.5, 0.6) is 5.88 Å². The van der Waals surface area contributed by atoms with Crippen molar-refractivity contribution >= 4 is 28.4 Å². The Balaban J connectivity index is 1.50. The predicted octanol–water partition coefficient (Wildman–Crippen LogP) is 8.45. The second-order valence-corrected chi connectivity index (χ2v) is 10.6. The molecule has 0 bridgehead atoms. The van der Waals surface area contributed by atoms with E-state index < -0.39 is 6.16 Å². The van der Waals surface area contributed by atoms with Crippen LogP contribution in [0.2, 0.25) is 0 Å². The van der Waals surface area contributed by atoms with Crippen molar-refractivity contribution < 1.29 is 23.8 Å². The number of unbranched alkanes of at least 4 members (excludes halogenated alkanes) is 6. The Bertz CT molecular complexity index is 1090. The predicted molar refractivity (Wildman–Crippen MR) is 147 cm³/mol. The summed E-state index contributed by atoms with van der Waals surface area (Å²) >= 11 is 1.47. The number of aromatic nitrogens is 2. The van der Waals surface area contributed by atoms with Crippen LogP contribution >= 0.6 is 11.3 Å². The van der Waals surface area contributed by atoms with E-state index in [0.29, 0.717) is 10.5 Å². The van der Waals surface area contributed by atoms with E-state index in [0.717, 1.165) is 42.5 Å². The summed E-state index contributed by atoms with van der Waals surface area (Å²) in [4.78, 5) is 30.7. The number of nitrogens with zero attached hydrogens (tertiary/aromatic N) is 2. The Morgan fingerprint density at radius 1 is 0.865 bits per heavy atom. The van der Waals surface area contributed by atoms with Crippen molar-refractivity contribution in [3.63, 3.8) is 0 Å². The largest absolute Gasteiger partial charge is 0.515 e. The Kier molecular flexibility index (Phi) is 11.5. The van der Waals surface area contributed by atoms with Gasteiger partial charge in [0.2, 0.25) is 5.88 Å². The molecule has 7 nitrogen and oxygen atoms in total. The van der Waals surface area contributed by atoms with Crippen molar-refractivity contribution in [2.24, 2.45) is 0 Å². The molecule has 0 aliphatic carbocycles. The van der Waals surface area contributed by atoms with E-state index in [1.165, 1.54) is 43.4 Å². The summed E-state index contributed by atoms with van der Waals surface area (Å²) in [6.45, 7) is 8.18. The Morgan fingerprint density at radius 2 is 1.49 bits per heavy atom. The summed E-state index contributed by atoms with van der Waals surface area (Å²) in [5.41, 5.74) is 1.51. The van der Waals surface area contributed by atoms with Gasteiger partial charge in [-0.25, -0.2) is 9.59 Å². The lowest BCUT2D eigenvalue weighted by Crippen LogP contribution is -2.18. The Labute approximate surface area is 224 Å². The van der Waals surface area contributed by atoms with E-state index in [9.17, 15) is 9.59 Å². The monoisotopic (exact) mass is 528 g/mol. The molecule has 0 aliphatic heterocycles. The first-order valence-electron chi connectivity index (χ1n) is 13.6. The summed E-state index contributed by atoms with van der Waals surface area (Å²) in [6.07, 6.45) is 13.5. The minimum Gasteiger partial charge on any atom is -0.459 e. The highest BCUT2D eigenvalue weighted by Gasteiger charge is 2.16. The molecule has 2 atom stereocenters. The number of thiazole rings is 1. The van der Waals surface area contributed by atoms with Crippen LogP contribution in [0.15, 0.2) is 36.7 Å². The van der Waals surface area contributed by atoms with Crippen LogP contribution in [0.25, 0.3) is 15.4 Å². The van der Waals surface area contributed by atoms with Gasteiger partial charge in [-0.05, 0) is 57.2 Å². The third-order valence-corrected chi connectivity index (χ3v) is 7.31. The molecule has 2 heterocycles.